The van der Waals surface area contributed by atoms with Crippen molar-refractivity contribution in [1.29, 1.82) is 0 Å². The number of amides is 2. The highest BCUT2D eigenvalue weighted by Crippen LogP contribution is 2.27. The van der Waals surface area contributed by atoms with E-state index in [2.05, 4.69) is 31.3 Å². The molecule has 5 heterocycles. The highest BCUT2D eigenvalue weighted by molar-refractivity contribution is 9.10. The number of nitrogens with zero attached hydrogens (tertiary/aromatic N) is 5. The maximum absolute atomic E-state index is 13.3. The second kappa shape index (κ2) is 7.54. The minimum Gasteiger partial charge on any atom is -0.379 e. The lowest BCUT2D eigenvalue weighted by molar-refractivity contribution is -0.116. The van der Waals surface area contributed by atoms with Gasteiger partial charge in [0.25, 0.3) is 11.5 Å². The van der Waals surface area contributed by atoms with Crippen LogP contribution in [0, 0.1) is 5.82 Å². The summed E-state index contributed by atoms with van der Waals surface area (Å²) in [5.74, 6) is -1.16. The number of pyridine rings is 1. The molecule has 0 unspecified atom stereocenters. The van der Waals surface area contributed by atoms with Crippen molar-refractivity contribution in [2.24, 2.45) is 0 Å². The quantitative estimate of drug-likeness (QED) is 0.587. The van der Waals surface area contributed by atoms with Gasteiger partial charge in [-0.25, -0.2) is 9.37 Å². The fourth-order valence-corrected chi connectivity index (χ4v) is 4.32. The van der Waals surface area contributed by atoms with E-state index in [0.717, 1.165) is 6.20 Å². The molecule has 3 aromatic heterocycles. The maximum atomic E-state index is 13.3. The van der Waals surface area contributed by atoms with Crippen molar-refractivity contribution in [3.63, 3.8) is 0 Å². The summed E-state index contributed by atoms with van der Waals surface area (Å²) in [5, 5.41) is 6.73. The number of nitrogens with one attached hydrogen (secondary N) is 1. The molecule has 0 spiro atoms. The second-order valence-corrected chi connectivity index (χ2v) is 8.13. The van der Waals surface area contributed by atoms with Crippen LogP contribution in [0.25, 0.3) is 5.65 Å². The van der Waals surface area contributed by atoms with E-state index in [1.807, 2.05) is 0 Å². The molecule has 160 valence electrons. The van der Waals surface area contributed by atoms with Crippen molar-refractivity contribution in [2.75, 3.05) is 18.5 Å². The van der Waals surface area contributed by atoms with E-state index >= 15 is 0 Å². The third kappa shape index (κ3) is 3.41. The molecule has 1 fully saturated rings. The highest BCUT2D eigenvalue weighted by atomic mass is 79.9. The van der Waals surface area contributed by atoms with E-state index in [0.29, 0.717) is 29.9 Å². The van der Waals surface area contributed by atoms with E-state index in [4.69, 9.17) is 4.74 Å². The van der Waals surface area contributed by atoms with Crippen LogP contribution in [0.5, 0.6) is 0 Å². The molecule has 12 heteroatoms. The Hall–Kier alpha value is -3.12. The van der Waals surface area contributed by atoms with Crippen LogP contribution in [0.3, 0.4) is 0 Å². The molecule has 0 aromatic carbocycles. The van der Waals surface area contributed by atoms with Crippen molar-refractivity contribution >= 4 is 39.2 Å². The van der Waals surface area contributed by atoms with Gasteiger partial charge in [0, 0.05) is 12.7 Å². The largest absolute Gasteiger partial charge is 0.379 e. The Morgan fingerprint density at radius 1 is 1.35 bits per heavy atom. The topological polar surface area (TPSA) is 111 Å². The van der Waals surface area contributed by atoms with E-state index in [9.17, 15) is 18.8 Å². The zero-order valence-electron chi connectivity index (χ0n) is 16.0. The average molecular weight is 491 g/mol. The average Bonchev–Trinajstić information content (AvgIpc) is 3.46. The first kappa shape index (κ1) is 19.8. The van der Waals surface area contributed by atoms with Crippen LogP contribution >= 0.6 is 15.9 Å². The van der Waals surface area contributed by atoms with Crippen molar-refractivity contribution in [3.05, 3.63) is 56.4 Å². The Kier molecular flexibility index (Phi) is 4.82. The summed E-state index contributed by atoms with van der Waals surface area (Å²) >= 11 is 3.25. The molecule has 0 bridgehead atoms. The summed E-state index contributed by atoms with van der Waals surface area (Å²) in [4.78, 5) is 44.4. The first-order valence-corrected chi connectivity index (χ1v) is 10.3. The van der Waals surface area contributed by atoms with E-state index in [1.54, 1.807) is 11.0 Å². The number of rotatable bonds is 4. The minimum absolute atomic E-state index is 0.121. The van der Waals surface area contributed by atoms with Crippen LogP contribution < -0.4 is 10.9 Å². The van der Waals surface area contributed by atoms with Gasteiger partial charge in [0.1, 0.15) is 34.1 Å². The molecule has 1 atom stereocenters. The van der Waals surface area contributed by atoms with Crippen molar-refractivity contribution < 1.29 is 18.7 Å². The van der Waals surface area contributed by atoms with Crippen LogP contribution in [0.2, 0.25) is 0 Å². The van der Waals surface area contributed by atoms with Gasteiger partial charge in [0.15, 0.2) is 0 Å². The summed E-state index contributed by atoms with van der Waals surface area (Å²) in [6, 6.07) is 3.96. The van der Waals surface area contributed by atoms with Gasteiger partial charge in [-0.15, -0.1) is 0 Å². The van der Waals surface area contributed by atoms with Gasteiger partial charge in [-0.05, 0) is 34.5 Å². The normalized spacial score (nSPS) is 18.1. The highest BCUT2D eigenvalue weighted by Gasteiger charge is 2.39. The van der Waals surface area contributed by atoms with Gasteiger partial charge >= 0.3 is 0 Å². The lowest BCUT2D eigenvalue weighted by Crippen LogP contribution is -2.36. The van der Waals surface area contributed by atoms with Crippen LogP contribution in [-0.4, -0.2) is 55.1 Å². The molecular weight excluding hydrogens is 475 g/mol. The third-order valence-electron chi connectivity index (χ3n) is 5.38. The van der Waals surface area contributed by atoms with Gasteiger partial charge in [0.2, 0.25) is 5.91 Å². The Morgan fingerprint density at radius 2 is 2.19 bits per heavy atom. The minimum atomic E-state index is -0.524. The molecule has 0 saturated carbocycles. The number of aromatic nitrogens is 4. The summed E-state index contributed by atoms with van der Waals surface area (Å²) in [7, 11) is 0. The molecule has 31 heavy (non-hydrogen) atoms. The molecule has 10 nitrogen and oxygen atoms in total. The molecule has 0 aliphatic carbocycles. The summed E-state index contributed by atoms with van der Waals surface area (Å²) in [6.07, 6.45) is 1.68. The molecular formula is C19H16BrFN6O4. The van der Waals surface area contributed by atoms with E-state index in [-0.39, 0.29) is 42.1 Å². The standard InChI is InChI=1S/C19H16BrFN6O4/c20-13-5-16-26(8-15(28)23-14-2-1-10(21)6-22-14)17-12(18(29)27(16)24-13)7-25(19(17)30)11-3-4-31-9-11/h1-2,5-6,11H,3-4,7-9H2,(H,22,23,28)/t11-/m1/s1. The molecule has 1 N–H and O–H groups in total. The van der Waals surface area contributed by atoms with Gasteiger partial charge < -0.3 is 19.5 Å². The van der Waals surface area contributed by atoms with Crippen LogP contribution in [0.4, 0.5) is 10.2 Å². The first-order chi connectivity index (χ1) is 14.9. The molecule has 0 radical (unpaired) electrons. The number of hydrogen-bond donors (Lipinski definition) is 1. The van der Waals surface area contributed by atoms with Crippen molar-refractivity contribution in [3.8, 4) is 0 Å². The van der Waals surface area contributed by atoms with Gasteiger partial charge in [-0.1, -0.05) is 0 Å². The van der Waals surface area contributed by atoms with Crippen molar-refractivity contribution in [2.45, 2.75) is 25.6 Å². The zero-order valence-corrected chi connectivity index (χ0v) is 17.6. The van der Waals surface area contributed by atoms with Gasteiger partial charge in [0.05, 0.1) is 31.0 Å². The maximum Gasteiger partial charge on any atom is 0.280 e. The lowest BCUT2D eigenvalue weighted by atomic mass is 10.2. The van der Waals surface area contributed by atoms with Gasteiger partial charge in [-0.2, -0.15) is 9.61 Å². The lowest BCUT2D eigenvalue weighted by Gasteiger charge is -2.22. The first-order valence-electron chi connectivity index (χ1n) is 9.53. The Morgan fingerprint density at radius 3 is 2.90 bits per heavy atom. The monoisotopic (exact) mass is 490 g/mol. The molecule has 2 amide bonds. The smallest absolute Gasteiger partial charge is 0.280 e. The molecule has 3 aromatic rings. The Bertz CT molecular complexity index is 1270. The fourth-order valence-electron chi connectivity index (χ4n) is 3.96. The SMILES string of the molecule is O=C(Cn1c2c(c(=O)n3nc(Br)cc13)CN([C@@H]1CCOC1)C2=O)Nc1ccc(F)cn1. The van der Waals surface area contributed by atoms with Crippen LogP contribution in [0.15, 0.2) is 33.8 Å². The second-order valence-electron chi connectivity index (χ2n) is 7.32. The molecule has 2 aliphatic rings. The third-order valence-corrected chi connectivity index (χ3v) is 5.77. The fraction of sp³-hybridized carbons (Fsp3) is 0.316. The number of halogens is 2. The number of anilines is 1. The Balaban J connectivity index is 1.55. The number of carbonyl (C=O) groups excluding carboxylic acids is 2. The van der Waals surface area contributed by atoms with E-state index in [1.165, 1.54) is 21.2 Å². The number of hydrogen-bond acceptors (Lipinski definition) is 6. The van der Waals surface area contributed by atoms with E-state index < -0.39 is 17.3 Å². The van der Waals surface area contributed by atoms with Crippen LogP contribution in [-0.2, 0) is 22.6 Å². The summed E-state index contributed by atoms with van der Waals surface area (Å²) in [5.41, 5.74) is 0.352. The molecule has 2 aliphatic heterocycles. The predicted molar refractivity (Wildman–Crippen MR) is 109 cm³/mol. The molecule has 1 saturated heterocycles. The summed E-state index contributed by atoms with van der Waals surface area (Å²) in [6.45, 7) is 0.839. The number of ether oxygens (including phenoxy) is 1. The number of carbonyl (C=O) groups is 2. The van der Waals surface area contributed by atoms with Crippen molar-refractivity contribution in [1.82, 2.24) is 24.1 Å². The molecule has 5 rings (SSSR count). The zero-order chi connectivity index (χ0) is 21.7. The predicted octanol–water partition coefficient (Wildman–Crippen LogP) is 1.18. The van der Waals surface area contributed by atoms with Crippen LogP contribution in [0.1, 0.15) is 22.5 Å². The Labute approximate surface area is 182 Å². The number of fused-ring (bicyclic) bond motifs is 2. The van der Waals surface area contributed by atoms with Gasteiger partial charge in [-0.3, -0.25) is 14.4 Å². The summed E-state index contributed by atoms with van der Waals surface area (Å²) < 4.78 is 21.5.